The molecule has 26 heavy (non-hydrogen) atoms. The summed E-state index contributed by atoms with van der Waals surface area (Å²) in [5, 5.41) is 1.15. The summed E-state index contributed by atoms with van der Waals surface area (Å²) in [5.74, 6) is 0. The molecule has 0 bridgehead atoms. The summed E-state index contributed by atoms with van der Waals surface area (Å²) >= 11 is 0. The van der Waals surface area contributed by atoms with Gasteiger partial charge in [-0.15, -0.1) is 0 Å². The summed E-state index contributed by atoms with van der Waals surface area (Å²) in [4.78, 5) is 13.6. The molecule has 0 fully saturated rings. The Balaban J connectivity index is 0.00000243. The highest BCUT2D eigenvalue weighted by Crippen LogP contribution is 2.47. The molecular formula is C22H23O3P. The topological polar surface area (TPSA) is 65.6 Å². The summed E-state index contributed by atoms with van der Waals surface area (Å²) in [6.07, 6.45) is 0. The zero-order valence-electron chi connectivity index (χ0n) is 15.2. The smallest absolute Gasteiger partial charge is 0.230 e. The molecular weight excluding hydrogens is 343 g/mol. The SMILES string of the molecule is Cc1cc(C)c(C(=O)P(=O)(c2ccccc2)c2ccccc2)c(C)c1.O. The molecule has 3 rings (SSSR count). The Labute approximate surface area is 154 Å². The summed E-state index contributed by atoms with van der Waals surface area (Å²) in [6.45, 7) is 5.82. The molecule has 134 valence electrons. The number of aryl methyl sites for hydroxylation is 3. The largest absolute Gasteiger partial charge is 0.412 e. The van der Waals surface area contributed by atoms with Crippen molar-refractivity contribution < 1.29 is 14.8 Å². The van der Waals surface area contributed by atoms with Crippen LogP contribution in [0.3, 0.4) is 0 Å². The van der Waals surface area contributed by atoms with E-state index in [1.165, 1.54) is 0 Å². The van der Waals surface area contributed by atoms with Crippen molar-refractivity contribution in [1.82, 2.24) is 0 Å². The van der Waals surface area contributed by atoms with E-state index in [0.717, 1.165) is 16.7 Å². The van der Waals surface area contributed by atoms with Crippen molar-refractivity contribution in [2.24, 2.45) is 0 Å². The zero-order chi connectivity index (χ0) is 18.0. The van der Waals surface area contributed by atoms with Crippen LogP contribution < -0.4 is 10.6 Å². The van der Waals surface area contributed by atoms with Crippen LogP contribution in [0.5, 0.6) is 0 Å². The molecule has 0 atom stereocenters. The lowest BCUT2D eigenvalue weighted by molar-refractivity contribution is 0.107. The van der Waals surface area contributed by atoms with Crippen LogP contribution in [0, 0.1) is 20.8 Å². The molecule has 0 saturated carbocycles. The molecule has 0 unspecified atom stereocenters. The average molecular weight is 366 g/mol. The third-order valence-electron chi connectivity index (χ3n) is 4.42. The normalized spacial score (nSPS) is 10.9. The van der Waals surface area contributed by atoms with Gasteiger partial charge in [0.15, 0.2) is 0 Å². The van der Waals surface area contributed by atoms with Gasteiger partial charge in [0.2, 0.25) is 12.7 Å². The molecule has 3 nitrogen and oxygen atoms in total. The third-order valence-corrected chi connectivity index (χ3v) is 7.26. The van der Waals surface area contributed by atoms with Gasteiger partial charge in [-0.1, -0.05) is 78.4 Å². The van der Waals surface area contributed by atoms with Gasteiger partial charge in [0.05, 0.1) is 0 Å². The van der Waals surface area contributed by atoms with Gasteiger partial charge in [-0.25, -0.2) is 0 Å². The summed E-state index contributed by atoms with van der Waals surface area (Å²) < 4.78 is 14.2. The van der Waals surface area contributed by atoms with Crippen LogP contribution in [0.15, 0.2) is 72.8 Å². The predicted molar refractivity (Wildman–Crippen MR) is 108 cm³/mol. The minimum absolute atomic E-state index is 0. The second-order valence-electron chi connectivity index (χ2n) is 6.36. The summed E-state index contributed by atoms with van der Waals surface area (Å²) in [7, 11) is -3.44. The van der Waals surface area contributed by atoms with Gasteiger partial charge >= 0.3 is 0 Å². The first-order valence-electron chi connectivity index (χ1n) is 8.28. The minimum Gasteiger partial charge on any atom is -0.412 e. The molecule has 0 heterocycles. The van der Waals surface area contributed by atoms with E-state index >= 15 is 0 Å². The molecule has 0 saturated heterocycles. The van der Waals surface area contributed by atoms with E-state index in [1.54, 1.807) is 24.3 Å². The van der Waals surface area contributed by atoms with E-state index in [2.05, 4.69) is 0 Å². The molecule has 0 aliphatic carbocycles. The molecule has 3 aromatic carbocycles. The third kappa shape index (κ3) is 3.41. The summed E-state index contributed by atoms with van der Waals surface area (Å²) in [6, 6.07) is 22.1. The van der Waals surface area contributed by atoms with Crippen LogP contribution >= 0.6 is 7.14 Å². The van der Waals surface area contributed by atoms with E-state index < -0.39 is 7.14 Å². The molecule has 4 heteroatoms. The lowest BCUT2D eigenvalue weighted by Crippen LogP contribution is -2.23. The van der Waals surface area contributed by atoms with Crippen molar-refractivity contribution >= 4 is 23.3 Å². The highest BCUT2D eigenvalue weighted by atomic mass is 31.2. The predicted octanol–water partition coefficient (Wildman–Crippen LogP) is 3.94. The van der Waals surface area contributed by atoms with Gasteiger partial charge < -0.3 is 10.0 Å². The van der Waals surface area contributed by atoms with Gasteiger partial charge in [-0.05, 0) is 31.9 Å². The number of carbonyl (C=O) groups excluding carboxylic acids is 1. The maximum absolute atomic E-state index is 14.2. The van der Waals surface area contributed by atoms with E-state index in [9.17, 15) is 9.36 Å². The molecule has 0 aromatic heterocycles. The Hall–Kier alpha value is -2.48. The molecule has 0 aliphatic heterocycles. The Kier molecular flexibility index (Phi) is 5.97. The fourth-order valence-corrected chi connectivity index (χ4v) is 5.95. The first-order chi connectivity index (χ1) is 11.9. The van der Waals surface area contributed by atoms with Crippen LogP contribution in [0.4, 0.5) is 0 Å². The van der Waals surface area contributed by atoms with Crippen molar-refractivity contribution in [2.75, 3.05) is 0 Å². The number of hydrogen-bond acceptors (Lipinski definition) is 2. The highest BCUT2D eigenvalue weighted by Gasteiger charge is 2.37. The average Bonchev–Trinajstić information content (AvgIpc) is 2.61. The number of carbonyl (C=O) groups is 1. The quantitative estimate of drug-likeness (QED) is 0.657. The standard InChI is InChI=1S/C22H21O2P.H2O/c1-16-14-17(2)21(18(3)15-16)22(23)25(24,19-10-6-4-7-11-19)20-12-8-5-9-13-20;/h4-15H,1-3H3;1H2. The van der Waals surface area contributed by atoms with Crippen molar-refractivity contribution in [3.05, 3.63) is 95.1 Å². The molecule has 0 amide bonds. The molecule has 0 aliphatic rings. The first-order valence-corrected chi connectivity index (χ1v) is 9.99. The van der Waals surface area contributed by atoms with E-state index in [-0.39, 0.29) is 11.0 Å². The maximum Gasteiger partial charge on any atom is 0.230 e. The van der Waals surface area contributed by atoms with Gasteiger partial charge in [0.25, 0.3) is 0 Å². The lowest BCUT2D eigenvalue weighted by atomic mass is 10.0. The van der Waals surface area contributed by atoms with E-state index in [4.69, 9.17) is 0 Å². The fraction of sp³-hybridized carbons (Fsp3) is 0.136. The molecule has 3 aromatic rings. The molecule has 0 radical (unpaired) electrons. The zero-order valence-corrected chi connectivity index (χ0v) is 16.1. The summed E-state index contributed by atoms with van der Waals surface area (Å²) in [5.41, 5.74) is 3.12. The first kappa shape index (κ1) is 19.8. The van der Waals surface area contributed by atoms with Crippen molar-refractivity contribution in [3.63, 3.8) is 0 Å². The molecule has 2 N–H and O–H groups in total. The van der Waals surface area contributed by atoms with Gasteiger partial charge in [0, 0.05) is 16.2 Å². The van der Waals surface area contributed by atoms with Crippen LogP contribution in [0.25, 0.3) is 0 Å². The van der Waals surface area contributed by atoms with Gasteiger partial charge in [0.1, 0.15) is 0 Å². The molecule has 0 spiro atoms. The van der Waals surface area contributed by atoms with Gasteiger partial charge in [-0.3, -0.25) is 4.79 Å². The number of benzene rings is 3. The maximum atomic E-state index is 14.2. The Morgan fingerprint density at radius 2 is 1.12 bits per heavy atom. The van der Waals surface area contributed by atoms with E-state index in [0.29, 0.717) is 16.2 Å². The Morgan fingerprint density at radius 1 is 0.731 bits per heavy atom. The van der Waals surface area contributed by atoms with Crippen LogP contribution in [0.2, 0.25) is 0 Å². The Morgan fingerprint density at radius 3 is 1.50 bits per heavy atom. The number of hydrogen-bond donors (Lipinski definition) is 0. The van der Waals surface area contributed by atoms with Crippen molar-refractivity contribution in [3.8, 4) is 0 Å². The lowest BCUT2D eigenvalue weighted by Gasteiger charge is -2.20. The van der Waals surface area contributed by atoms with Crippen LogP contribution in [-0.4, -0.2) is 11.0 Å². The van der Waals surface area contributed by atoms with Crippen molar-refractivity contribution in [1.29, 1.82) is 0 Å². The Bertz CT molecular complexity index is 897. The van der Waals surface area contributed by atoms with Crippen LogP contribution in [0.1, 0.15) is 27.0 Å². The number of rotatable bonds is 4. The highest BCUT2D eigenvalue weighted by molar-refractivity contribution is 7.93. The van der Waals surface area contributed by atoms with Crippen LogP contribution in [-0.2, 0) is 4.57 Å². The van der Waals surface area contributed by atoms with E-state index in [1.807, 2.05) is 69.3 Å². The second kappa shape index (κ2) is 7.82. The second-order valence-corrected chi connectivity index (χ2v) is 9.02. The van der Waals surface area contributed by atoms with Crippen molar-refractivity contribution in [2.45, 2.75) is 20.8 Å². The van der Waals surface area contributed by atoms with Gasteiger partial charge in [-0.2, -0.15) is 0 Å². The monoisotopic (exact) mass is 366 g/mol. The minimum atomic E-state index is -3.44. The fourth-order valence-electron chi connectivity index (χ4n) is 3.33.